The molecular formula is C20H22FNO4. The number of carbonyl (C=O) groups excluding carboxylic acids is 1. The van der Waals surface area contributed by atoms with Crippen molar-refractivity contribution in [1.29, 1.82) is 0 Å². The molecule has 138 valence electrons. The van der Waals surface area contributed by atoms with Gasteiger partial charge in [0.1, 0.15) is 0 Å². The van der Waals surface area contributed by atoms with Gasteiger partial charge in [0.15, 0.2) is 11.6 Å². The number of amides is 1. The van der Waals surface area contributed by atoms with Crippen molar-refractivity contribution in [3.05, 3.63) is 59.9 Å². The summed E-state index contributed by atoms with van der Waals surface area (Å²) in [5, 5.41) is 11.7. The number of halogens is 1. The fraction of sp³-hybridized carbons (Fsp3) is 0.300. The van der Waals surface area contributed by atoms with E-state index in [0.29, 0.717) is 18.5 Å². The third kappa shape index (κ3) is 6.20. The summed E-state index contributed by atoms with van der Waals surface area (Å²) >= 11 is 0. The van der Waals surface area contributed by atoms with Crippen molar-refractivity contribution < 1.29 is 23.8 Å². The van der Waals surface area contributed by atoms with Crippen molar-refractivity contribution in [3.63, 3.8) is 0 Å². The van der Waals surface area contributed by atoms with E-state index in [4.69, 9.17) is 9.84 Å². The number of carbonyl (C=O) groups is 2. The van der Waals surface area contributed by atoms with Gasteiger partial charge in [0.05, 0.1) is 12.5 Å². The number of ether oxygens (including phenoxy) is 1. The highest BCUT2D eigenvalue weighted by Gasteiger charge is 2.11. The summed E-state index contributed by atoms with van der Waals surface area (Å²) in [5.74, 6) is -1.69. The topological polar surface area (TPSA) is 75.6 Å². The minimum Gasteiger partial charge on any atom is -0.491 e. The molecule has 2 aromatic carbocycles. The Hall–Kier alpha value is -2.89. The van der Waals surface area contributed by atoms with Crippen molar-refractivity contribution in [3.8, 4) is 5.75 Å². The first kappa shape index (κ1) is 19.4. The van der Waals surface area contributed by atoms with Crippen LogP contribution < -0.4 is 10.1 Å². The lowest BCUT2D eigenvalue weighted by molar-refractivity contribution is -0.141. The van der Waals surface area contributed by atoms with E-state index in [1.165, 1.54) is 6.07 Å². The molecule has 0 fully saturated rings. The van der Waals surface area contributed by atoms with Crippen LogP contribution in [0.3, 0.4) is 0 Å². The molecule has 0 saturated carbocycles. The summed E-state index contributed by atoms with van der Waals surface area (Å²) in [4.78, 5) is 22.8. The second-order valence-electron chi connectivity index (χ2n) is 6.07. The molecule has 0 saturated heterocycles. The third-order valence-electron chi connectivity index (χ3n) is 3.84. The number of rotatable bonds is 9. The summed E-state index contributed by atoms with van der Waals surface area (Å²) in [6.07, 6.45) is 1.16. The van der Waals surface area contributed by atoms with Crippen LogP contribution in [0.5, 0.6) is 5.75 Å². The monoisotopic (exact) mass is 359 g/mol. The number of anilines is 1. The predicted molar refractivity (Wildman–Crippen MR) is 96.7 cm³/mol. The molecule has 0 aliphatic rings. The van der Waals surface area contributed by atoms with Gasteiger partial charge < -0.3 is 15.2 Å². The molecule has 1 unspecified atom stereocenters. The summed E-state index contributed by atoms with van der Waals surface area (Å²) in [6, 6.07) is 13.2. The number of para-hydroxylation sites is 1. The zero-order valence-corrected chi connectivity index (χ0v) is 14.6. The van der Waals surface area contributed by atoms with Gasteiger partial charge in [-0.05, 0) is 42.7 Å². The Morgan fingerprint density at radius 2 is 1.85 bits per heavy atom. The molecule has 26 heavy (non-hydrogen) atoms. The fourth-order valence-corrected chi connectivity index (χ4v) is 2.37. The van der Waals surface area contributed by atoms with Crippen LogP contribution in [0.4, 0.5) is 10.1 Å². The van der Waals surface area contributed by atoms with Crippen LogP contribution in [0.1, 0.15) is 25.3 Å². The average Bonchev–Trinajstić information content (AvgIpc) is 2.61. The van der Waals surface area contributed by atoms with Crippen LogP contribution in [-0.4, -0.2) is 23.6 Å². The lowest BCUT2D eigenvalue weighted by Crippen LogP contribution is -2.14. The molecule has 2 N–H and O–H groups in total. The first-order valence-electron chi connectivity index (χ1n) is 8.44. The van der Waals surface area contributed by atoms with E-state index in [9.17, 15) is 14.0 Å². The quantitative estimate of drug-likeness (QED) is 0.666. The van der Waals surface area contributed by atoms with Crippen LogP contribution in [0.25, 0.3) is 0 Å². The van der Waals surface area contributed by atoms with Gasteiger partial charge >= 0.3 is 5.97 Å². The number of aliphatic carboxylic acids is 1. The highest BCUT2D eigenvalue weighted by atomic mass is 19.1. The molecule has 0 aliphatic heterocycles. The summed E-state index contributed by atoms with van der Waals surface area (Å²) in [6.45, 7) is 1.90. The molecule has 0 heterocycles. The van der Waals surface area contributed by atoms with E-state index < -0.39 is 17.7 Å². The molecule has 2 aromatic rings. The molecule has 2 rings (SSSR count). The van der Waals surface area contributed by atoms with Gasteiger partial charge in [-0.1, -0.05) is 31.2 Å². The van der Waals surface area contributed by atoms with Gasteiger partial charge in [0, 0.05) is 12.1 Å². The minimum absolute atomic E-state index is 0.159. The van der Waals surface area contributed by atoms with Gasteiger partial charge in [-0.15, -0.1) is 0 Å². The maximum Gasteiger partial charge on any atom is 0.306 e. The van der Waals surface area contributed by atoms with Crippen molar-refractivity contribution >= 4 is 17.6 Å². The van der Waals surface area contributed by atoms with Gasteiger partial charge in [0.25, 0.3) is 0 Å². The lowest BCUT2D eigenvalue weighted by atomic mass is 10.0. The molecule has 1 atom stereocenters. The Morgan fingerprint density at radius 1 is 1.15 bits per heavy atom. The molecule has 0 bridgehead atoms. The molecule has 6 heteroatoms. The molecule has 0 radical (unpaired) electrons. The van der Waals surface area contributed by atoms with Crippen molar-refractivity contribution in [2.24, 2.45) is 5.92 Å². The van der Waals surface area contributed by atoms with Crippen LogP contribution >= 0.6 is 0 Å². The smallest absolute Gasteiger partial charge is 0.306 e. The van der Waals surface area contributed by atoms with E-state index in [0.717, 1.165) is 5.56 Å². The van der Waals surface area contributed by atoms with Crippen LogP contribution in [0.15, 0.2) is 48.5 Å². The number of hydrogen-bond acceptors (Lipinski definition) is 3. The SMILES string of the molecule is CC(Cc1ccc(NC(=O)CCCOc2ccccc2F)cc1)C(=O)O. The normalized spacial score (nSPS) is 11.6. The zero-order valence-electron chi connectivity index (χ0n) is 14.6. The van der Waals surface area contributed by atoms with Gasteiger partial charge in [-0.3, -0.25) is 9.59 Å². The maximum atomic E-state index is 13.4. The first-order chi connectivity index (χ1) is 12.5. The lowest BCUT2D eigenvalue weighted by Gasteiger charge is -2.09. The first-order valence-corrected chi connectivity index (χ1v) is 8.44. The van der Waals surface area contributed by atoms with Crippen LogP contribution in [-0.2, 0) is 16.0 Å². The van der Waals surface area contributed by atoms with E-state index >= 15 is 0 Å². The fourth-order valence-electron chi connectivity index (χ4n) is 2.37. The number of carboxylic acids is 1. The Bertz CT molecular complexity index is 746. The Labute approximate surface area is 151 Å². The number of hydrogen-bond donors (Lipinski definition) is 2. The van der Waals surface area contributed by atoms with E-state index in [1.807, 2.05) is 0 Å². The Balaban J connectivity index is 1.72. The van der Waals surface area contributed by atoms with Gasteiger partial charge in [-0.2, -0.15) is 0 Å². The third-order valence-corrected chi connectivity index (χ3v) is 3.84. The van der Waals surface area contributed by atoms with Gasteiger partial charge in [0.2, 0.25) is 5.91 Å². The minimum atomic E-state index is -0.833. The summed E-state index contributed by atoms with van der Waals surface area (Å²) in [7, 11) is 0. The number of nitrogens with one attached hydrogen (secondary N) is 1. The summed E-state index contributed by atoms with van der Waals surface area (Å²) in [5.41, 5.74) is 1.55. The highest BCUT2D eigenvalue weighted by Crippen LogP contribution is 2.16. The maximum absolute atomic E-state index is 13.4. The standard InChI is InChI=1S/C20H22FNO4/c1-14(20(24)25)13-15-8-10-16(11-9-15)22-19(23)7-4-12-26-18-6-3-2-5-17(18)21/h2-3,5-6,8-11,14H,4,7,12-13H2,1H3,(H,22,23)(H,24,25). The van der Waals surface area contributed by atoms with E-state index in [-0.39, 0.29) is 24.7 Å². The Morgan fingerprint density at radius 3 is 2.50 bits per heavy atom. The number of benzene rings is 2. The predicted octanol–water partition coefficient (Wildman–Crippen LogP) is 3.89. The van der Waals surface area contributed by atoms with E-state index in [2.05, 4.69) is 5.32 Å². The zero-order chi connectivity index (χ0) is 18.9. The largest absolute Gasteiger partial charge is 0.491 e. The second-order valence-corrected chi connectivity index (χ2v) is 6.07. The molecule has 1 amide bonds. The van der Waals surface area contributed by atoms with Crippen molar-refractivity contribution in [2.45, 2.75) is 26.2 Å². The Kier molecular flexibility index (Phi) is 7.14. The van der Waals surface area contributed by atoms with Crippen LogP contribution in [0.2, 0.25) is 0 Å². The highest BCUT2D eigenvalue weighted by molar-refractivity contribution is 5.90. The molecular weight excluding hydrogens is 337 g/mol. The summed E-state index contributed by atoms with van der Waals surface area (Å²) < 4.78 is 18.7. The molecule has 0 aliphatic carbocycles. The van der Waals surface area contributed by atoms with Crippen molar-refractivity contribution in [2.75, 3.05) is 11.9 Å². The molecule has 5 nitrogen and oxygen atoms in total. The molecule has 0 spiro atoms. The van der Waals surface area contributed by atoms with Crippen LogP contribution in [0, 0.1) is 11.7 Å². The average molecular weight is 359 g/mol. The number of carboxylic acid groups (broad SMARTS) is 1. The second kappa shape index (κ2) is 9.56. The van der Waals surface area contributed by atoms with Gasteiger partial charge in [-0.25, -0.2) is 4.39 Å². The van der Waals surface area contributed by atoms with Crippen molar-refractivity contribution in [1.82, 2.24) is 0 Å². The van der Waals surface area contributed by atoms with E-state index in [1.54, 1.807) is 49.4 Å². The molecule has 0 aromatic heterocycles.